The SMILES string of the molecule is C1=C(c2cncs2)C=C(c2c3ccccc3c(-c3cncc(-c4cncs4)c3)c3cc(-c4ccc5ccccc5c4)ccc23)CN1. The van der Waals surface area contributed by atoms with Gasteiger partial charge in [0.05, 0.1) is 20.8 Å². The second kappa shape index (κ2) is 11.2. The molecule has 0 atom stereocenters. The molecule has 1 N–H and O–H groups in total. The van der Waals surface area contributed by atoms with Crippen LogP contribution >= 0.6 is 22.7 Å². The highest BCUT2D eigenvalue weighted by molar-refractivity contribution is 7.13. The molecule has 6 heteroatoms. The molecule has 9 rings (SSSR count). The number of benzene rings is 5. The van der Waals surface area contributed by atoms with Crippen molar-refractivity contribution >= 4 is 66.1 Å². The van der Waals surface area contributed by atoms with Gasteiger partial charge in [0.15, 0.2) is 0 Å². The average Bonchev–Trinajstić information content (AvgIpc) is 3.86. The van der Waals surface area contributed by atoms with Gasteiger partial charge in [-0.15, -0.1) is 22.7 Å². The van der Waals surface area contributed by atoms with Gasteiger partial charge in [0.1, 0.15) is 0 Å². The van der Waals surface area contributed by atoms with E-state index in [1.165, 1.54) is 60.1 Å². The Hall–Kier alpha value is -5.43. The van der Waals surface area contributed by atoms with Crippen LogP contribution in [0.2, 0.25) is 0 Å². The fourth-order valence-electron chi connectivity index (χ4n) is 6.67. The molecule has 0 radical (unpaired) electrons. The molecule has 0 bridgehead atoms. The number of hydrogen-bond donors (Lipinski definition) is 1. The number of fused-ring (bicyclic) bond motifs is 3. The maximum atomic E-state index is 4.74. The van der Waals surface area contributed by atoms with E-state index in [0.29, 0.717) is 0 Å². The molecule has 0 aliphatic carbocycles. The van der Waals surface area contributed by atoms with Gasteiger partial charge in [-0.3, -0.25) is 15.0 Å². The quantitative estimate of drug-likeness (QED) is 0.193. The first-order chi connectivity index (χ1) is 22.8. The summed E-state index contributed by atoms with van der Waals surface area (Å²) in [6.07, 6.45) is 12.2. The van der Waals surface area contributed by atoms with Crippen molar-refractivity contribution in [3.63, 3.8) is 0 Å². The van der Waals surface area contributed by atoms with Gasteiger partial charge in [-0.1, -0.05) is 72.8 Å². The fraction of sp³-hybridized carbons (Fsp3) is 0.0250. The van der Waals surface area contributed by atoms with Crippen LogP contribution in [0.5, 0.6) is 0 Å². The van der Waals surface area contributed by atoms with Gasteiger partial charge in [-0.2, -0.15) is 0 Å². The Balaban J connectivity index is 1.34. The normalized spacial score (nSPS) is 13.1. The summed E-state index contributed by atoms with van der Waals surface area (Å²) in [7, 11) is 0. The summed E-state index contributed by atoms with van der Waals surface area (Å²) in [5, 5.41) is 10.9. The van der Waals surface area contributed by atoms with Gasteiger partial charge >= 0.3 is 0 Å². The molecular formula is C40H26N4S2. The number of pyridine rings is 1. The summed E-state index contributed by atoms with van der Waals surface area (Å²) < 4.78 is 0. The van der Waals surface area contributed by atoms with Crippen LogP contribution in [0.15, 0.2) is 139 Å². The largest absolute Gasteiger partial charge is 0.386 e. The number of allylic oxidation sites excluding steroid dienone is 2. The minimum Gasteiger partial charge on any atom is -0.386 e. The van der Waals surface area contributed by atoms with E-state index in [-0.39, 0.29) is 0 Å². The summed E-state index contributed by atoms with van der Waals surface area (Å²) in [6, 6.07) is 33.3. The number of hydrogen-bond acceptors (Lipinski definition) is 6. The zero-order valence-electron chi connectivity index (χ0n) is 24.6. The molecule has 5 aromatic carbocycles. The molecule has 46 heavy (non-hydrogen) atoms. The Morgan fingerprint density at radius 3 is 2.04 bits per heavy atom. The van der Waals surface area contributed by atoms with E-state index in [0.717, 1.165) is 33.0 Å². The third-order valence-corrected chi connectivity index (χ3v) is 10.4. The van der Waals surface area contributed by atoms with E-state index in [9.17, 15) is 0 Å². The van der Waals surface area contributed by atoms with Crippen molar-refractivity contribution in [3.8, 4) is 32.7 Å². The van der Waals surface area contributed by atoms with E-state index in [1.54, 1.807) is 22.7 Å². The average molecular weight is 627 g/mol. The van der Waals surface area contributed by atoms with Crippen molar-refractivity contribution < 1.29 is 0 Å². The second-order valence-electron chi connectivity index (χ2n) is 11.5. The summed E-state index contributed by atoms with van der Waals surface area (Å²) in [4.78, 5) is 15.7. The third-order valence-electron chi connectivity index (χ3n) is 8.77. The van der Waals surface area contributed by atoms with Crippen LogP contribution < -0.4 is 5.32 Å². The van der Waals surface area contributed by atoms with E-state index in [2.05, 4.69) is 119 Å². The molecule has 0 spiro atoms. The van der Waals surface area contributed by atoms with Crippen molar-refractivity contribution in [2.24, 2.45) is 0 Å². The molecule has 0 unspecified atom stereocenters. The Bertz CT molecular complexity index is 2470. The van der Waals surface area contributed by atoms with Crippen LogP contribution in [0.25, 0.3) is 76.2 Å². The van der Waals surface area contributed by atoms with Crippen LogP contribution in [-0.2, 0) is 0 Å². The maximum absolute atomic E-state index is 4.74. The summed E-state index contributed by atoms with van der Waals surface area (Å²) >= 11 is 3.29. The Morgan fingerprint density at radius 2 is 1.22 bits per heavy atom. The van der Waals surface area contributed by atoms with Crippen molar-refractivity contribution in [2.45, 2.75) is 0 Å². The zero-order chi connectivity index (χ0) is 30.5. The van der Waals surface area contributed by atoms with Crippen LogP contribution in [0.1, 0.15) is 10.4 Å². The van der Waals surface area contributed by atoms with Crippen LogP contribution in [0.3, 0.4) is 0 Å². The highest BCUT2D eigenvalue weighted by Gasteiger charge is 2.21. The number of nitrogens with one attached hydrogen (secondary N) is 1. The lowest BCUT2D eigenvalue weighted by Crippen LogP contribution is -2.14. The van der Waals surface area contributed by atoms with E-state index in [4.69, 9.17) is 4.98 Å². The molecule has 0 saturated carbocycles. The predicted octanol–water partition coefficient (Wildman–Crippen LogP) is 10.5. The van der Waals surface area contributed by atoms with Crippen molar-refractivity contribution in [1.82, 2.24) is 20.3 Å². The van der Waals surface area contributed by atoms with Gasteiger partial charge in [-0.05, 0) is 84.4 Å². The van der Waals surface area contributed by atoms with E-state index in [1.807, 2.05) is 35.8 Å². The summed E-state index contributed by atoms with van der Waals surface area (Å²) in [5.74, 6) is 0. The number of dihydropyridines is 1. The monoisotopic (exact) mass is 626 g/mol. The van der Waals surface area contributed by atoms with E-state index >= 15 is 0 Å². The maximum Gasteiger partial charge on any atom is 0.0797 e. The van der Waals surface area contributed by atoms with Crippen LogP contribution in [-0.4, -0.2) is 21.5 Å². The minimum absolute atomic E-state index is 0.746. The molecule has 218 valence electrons. The summed E-state index contributed by atoms with van der Waals surface area (Å²) in [5.41, 5.74) is 13.2. The highest BCUT2D eigenvalue weighted by Crippen LogP contribution is 2.44. The van der Waals surface area contributed by atoms with Crippen molar-refractivity contribution in [2.75, 3.05) is 6.54 Å². The lowest BCUT2D eigenvalue weighted by molar-refractivity contribution is 0.993. The third kappa shape index (κ3) is 4.62. The van der Waals surface area contributed by atoms with Crippen molar-refractivity contribution in [3.05, 3.63) is 150 Å². The molecule has 3 aromatic heterocycles. The summed E-state index contributed by atoms with van der Waals surface area (Å²) in [6.45, 7) is 0.746. The lowest BCUT2D eigenvalue weighted by Gasteiger charge is -2.22. The molecule has 4 nitrogen and oxygen atoms in total. The molecule has 0 fully saturated rings. The first-order valence-corrected chi connectivity index (χ1v) is 16.9. The predicted molar refractivity (Wildman–Crippen MR) is 195 cm³/mol. The molecule has 8 aromatic rings. The molecule has 0 saturated heterocycles. The Morgan fingerprint density at radius 1 is 0.522 bits per heavy atom. The zero-order valence-corrected chi connectivity index (χ0v) is 26.3. The smallest absolute Gasteiger partial charge is 0.0797 e. The Labute approximate surface area is 274 Å². The number of rotatable bonds is 5. The number of thiazole rings is 2. The number of nitrogens with zero attached hydrogens (tertiary/aromatic N) is 3. The van der Waals surface area contributed by atoms with Crippen LogP contribution in [0, 0.1) is 0 Å². The molecule has 1 aliphatic rings. The fourth-order valence-corrected chi connectivity index (χ4v) is 7.88. The van der Waals surface area contributed by atoms with Gasteiger partial charge in [0.2, 0.25) is 0 Å². The molecule has 1 aliphatic heterocycles. The first kappa shape index (κ1) is 26.9. The van der Waals surface area contributed by atoms with Crippen LogP contribution in [0.4, 0.5) is 0 Å². The second-order valence-corrected chi connectivity index (χ2v) is 13.2. The van der Waals surface area contributed by atoms with Gasteiger partial charge in [0.25, 0.3) is 0 Å². The Kier molecular flexibility index (Phi) is 6.54. The molecule has 4 heterocycles. The van der Waals surface area contributed by atoms with Gasteiger partial charge < -0.3 is 5.32 Å². The minimum atomic E-state index is 0.746. The van der Waals surface area contributed by atoms with Gasteiger partial charge in [0, 0.05) is 54.2 Å². The molecule has 0 amide bonds. The standard InChI is InChI=1S/C40H26N4S2/c1-2-6-26-13-27(10-9-25(26)5-1)28-11-12-35-36(16-28)40(32-15-30(18-42-20-32)38-22-44-24-46-38)34-8-4-3-7-33(34)39(35)31-14-29(17-41-19-31)37-21-43-23-45-37/h1-18,20-24,41H,19H2. The number of aromatic nitrogens is 3. The lowest BCUT2D eigenvalue weighted by atomic mass is 9.84. The molecular weight excluding hydrogens is 601 g/mol. The van der Waals surface area contributed by atoms with Gasteiger partial charge in [-0.25, -0.2) is 0 Å². The highest BCUT2D eigenvalue weighted by atomic mass is 32.1. The van der Waals surface area contributed by atoms with E-state index < -0.39 is 0 Å². The van der Waals surface area contributed by atoms with Crippen molar-refractivity contribution in [1.29, 1.82) is 0 Å². The first-order valence-electron chi connectivity index (χ1n) is 15.2. The topological polar surface area (TPSA) is 50.7 Å².